The van der Waals surface area contributed by atoms with Gasteiger partial charge < -0.3 is 14.3 Å². The molecule has 2 heterocycles. The Morgan fingerprint density at radius 1 is 1.18 bits per heavy atom. The van der Waals surface area contributed by atoms with Crippen LogP contribution in [0.15, 0.2) is 51.7 Å². The summed E-state index contributed by atoms with van der Waals surface area (Å²) < 4.78 is 69.7. The van der Waals surface area contributed by atoms with Crippen LogP contribution in [0.3, 0.4) is 0 Å². The molecule has 1 aromatic heterocycles. The number of methoxy groups -OCH3 is 1. The minimum Gasteiger partial charge on any atom is -0.391 e. The summed E-state index contributed by atoms with van der Waals surface area (Å²) in [6.07, 6.45) is 0.767. The number of sulfonamides is 1. The predicted octanol–water partition coefficient (Wildman–Crippen LogP) is 3.15. The lowest BCUT2D eigenvalue weighted by molar-refractivity contribution is -0.125. The van der Waals surface area contributed by atoms with E-state index in [-0.39, 0.29) is 43.0 Å². The summed E-state index contributed by atoms with van der Waals surface area (Å²) in [5.41, 5.74) is -2.37. The number of benzene rings is 2. The van der Waals surface area contributed by atoms with Crippen LogP contribution >= 0.6 is 0 Å². The number of aromatic amines is 1. The Kier molecular flexibility index (Phi) is 6.79. The molecule has 5 rings (SSSR count). The van der Waals surface area contributed by atoms with Crippen molar-refractivity contribution < 1.29 is 31.5 Å². The number of aromatic nitrogens is 2. The van der Waals surface area contributed by atoms with E-state index >= 15 is 8.78 Å². The Hall–Kier alpha value is -2.93. The average Bonchev–Trinajstić information content (AvgIpc) is 3.29. The monoisotopic (exact) mass is 549 g/mol. The van der Waals surface area contributed by atoms with Gasteiger partial charge in [-0.3, -0.25) is 0 Å². The first-order valence-corrected chi connectivity index (χ1v) is 13.8. The van der Waals surface area contributed by atoms with Crippen LogP contribution in [-0.4, -0.2) is 53.4 Å². The van der Waals surface area contributed by atoms with Crippen molar-refractivity contribution in [3.63, 3.8) is 0 Å². The Balaban J connectivity index is 1.49. The molecule has 0 unspecified atom stereocenters. The lowest BCUT2D eigenvalue weighted by Gasteiger charge is -2.51. The molecule has 0 bridgehead atoms. The van der Waals surface area contributed by atoms with Gasteiger partial charge in [0.25, 0.3) is 0 Å². The zero-order chi connectivity index (χ0) is 27.3. The molecule has 0 amide bonds. The first-order valence-electron chi connectivity index (χ1n) is 12.3. The van der Waals surface area contributed by atoms with Crippen LogP contribution in [0.4, 0.5) is 8.78 Å². The van der Waals surface area contributed by atoms with Gasteiger partial charge >= 0.3 is 5.76 Å². The molecular weight excluding hydrogens is 520 g/mol. The Morgan fingerprint density at radius 2 is 1.89 bits per heavy atom. The molecule has 38 heavy (non-hydrogen) atoms. The van der Waals surface area contributed by atoms with Gasteiger partial charge in [0.05, 0.1) is 17.6 Å². The third-order valence-electron chi connectivity index (χ3n) is 7.70. The van der Waals surface area contributed by atoms with Crippen molar-refractivity contribution in [1.82, 2.24) is 14.5 Å². The summed E-state index contributed by atoms with van der Waals surface area (Å²) >= 11 is 0. The van der Waals surface area contributed by atoms with Crippen molar-refractivity contribution in [2.24, 2.45) is 0 Å². The molecule has 2 fully saturated rings. The second-order valence-corrected chi connectivity index (χ2v) is 12.4. The third-order valence-corrected chi connectivity index (χ3v) is 10.1. The van der Waals surface area contributed by atoms with Gasteiger partial charge in [0, 0.05) is 30.8 Å². The number of H-pyrrole nitrogens is 1. The average molecular weight is 550 g/mol. The number of ether oxygens (including phenoxy) is 1. The maximum atomic E-state index is 15.7. The smallest absolute Gasteiger partial charge is 0.391 e. The molecule has 12 heteroatoms. The Morgan fingerprint density at radius 3 is 2.53 bits per heavy atom. The minimum absolute atomic E-state index is 0.0567. The van der Waals surface area contributed by atoms with E-state index in [4.69, 9.17) is 9.15 Å². The van der Waals surface area contributed by atoms with E-state index in [2.05, 4.69) is 10.2 Å². The van der Waals surface area contributed by atoms with Crippen molar-refractivity contribution in [3.05, 3.63) is 87.2 Å². The molecule has 2 N–H and O–H groups in total. The van der Waals surface area contributed by atoms with Crippen molar-refractivity contribution in [2.45, 2.75) is 61.5 Å². The fourth-order valence-electron chi connectivity index (χ4n) is 5.93. The fourth-order valence-corrected chi connectivity index (χ4v) is 8.12. The number of rotatable bonds is 7. The second-order valence-electron chi connectivity index (χ2n) is 10.4. The predicted molar refractivity (Wildman–Crippen MR) is 133 cm³/mol. The van der Waals surface area contributed by atoms with Crippen LogP contribution in [0.5, 0.6) is 0 Å². The van der Waals surface area contributed by atoms with E-state index in [0.717, 1.165) is 12.1 Å². The molecule has 9 nitrogen and oxygen atoms in total. The van der Waals surface area contributed by atoms with Crippen molar-refractivity contribution in [3.8, 4) is 0 Å². The molecule has 3 aromatic rings. The van der Waals surface area contributed by atoms with Gasteiger partial charge in [-0.05, 0) is 50.3 Å². The molecule has 1 saturated heterocycles. The normalized spacial score (nSPS) is 29.2. The topological polar surface area (TPSA) is 126 Å². The largest absolute Gasteiger partial charge is 0.434 e. The van der Waals surface area contributed by atoms with Crippen LogP contribution in [0.1, 0.15) is 60.4 Å². The quantitative estimate of drug-likeness (QED) is 0.464. The molecule has 0 spiro atoms. The summed E-state index contributed by atoms with van der Waals surface area (Å²) in [6, 6.07) is 10.4. The van der Waals surface area contributed by atoms with Gasteiger partial charge in [0.15, 0.2) is 0 Å². The maximum absolute atomic E-state index is 15.7. The first kappa shape index (κ1) is 26.7. The zero-order valence-electron chi connectivity index (χ0n) is 21.0. The highest BCUT2D eigenvalue weighted by atomic mass is 32.2. The van der Waals surface area contributed by atoms with Crippen LogP contribution < -0.4 is 5.76 Å². The van der Waals surface area contributed by atoms with E-state index in [1.165, 1.54) is 11.4 Å². The molecule has 0 radical (unpaired) electrons. The van der Waals surface area contributed by atoms with E-state index in [0.29, 0.717) is 18.4 Å². The number of hydrogen-bond acceptors (Lipinski definition) is 7. The van der Waals surface area contributed by atoms with E-state index < -0.39 is 49.7 Å². The summed E-state index contributed by atoms with van der Waals surface area (Å²) in [5, 5.41) is 15.9. The summed E-state index contributed by atoms with van der Waals surface area (Å²) in [7, 11) is -2.45. The van der Waals surface area contributed by atoms with Gasteiger partial charge in [-0.2, -0.15) is 4.31 Å². The number of halogens is 2. The summed E-state index contributed by atoms with van der Waals surface area (Å²) in [4.78, 5) is 11.6. The lowest BCUT2D eigenvalue weighted by Crippen LogP contribution is -2.58. The van der Waals surface area contributed by atoms with Crippen LogP contribution in [0, 0.1) is 11.6 Å². The van der Waals surface area contributed by atoms with Crippen molar-refractivity contribution >= 4 is 10.0 Å². The molecule has 2 aromatic carbocycles. The van der Waals surface area contributed by atoms with Crippen molar-refractivity contribution in [2.75, 3.05) is 13.7 Å². The molecule has 1 saturated carbocycles. The summed E-state index contributed by atoms with van der Waals surface area (Å²) in [5.74, 6) is -2.68. The molecule has 1 aliphatic heterocycles. The number of aliphatic hydroxyl groups is 1. The van der Waals surface area contributed by atoms with Gasteiger partial charge in [-0.25, -0.2) is 27.1 Å². The van der Waals surface area contributed by atoms with Gasteiger partial charge in [-0.15, -0.1) is 5.10 Å². The first-order chi connectivity index (χ1) is 18.0. The zero-order valence-corrected chi connectivity index (χ0v) is 21.8. The molecule has 2 atom stereocenters. The highest BCUT2D eigenvalue weighted by Crippen LogP contribution is 2.54. The SMILES string of the molecule is COC[C@]1(O)C[C@@](c2n[nH]c(=O)o2)(c2cc(F)c(CN3[C@@H](C)CC[C@H](c4ccccc4)S3(=O)=O)cc2F)C1. The van der Waals surface area contributed by atoms with Gasteiger partial charge in [-0.1, -0.05) is 30.3 Å². The Labute approximate surface area is 218 Å². The molecular formula is C26H29F2N3O6S. The Bertz CT molecular complexity index is 1480. The van der Waals surface area contributed by atoms with Crippen molar-refractivity contribution in [1.29, 1.82) is 0 Å². The van der Waals surface area contributed by atoms with Gasteiger partial charge in [0.1, 0.15) is 16.9 Å². The summed E-state index contributed by atoms with van der Waals surface area (Å²) in [6.45, 7) is 1.35. The van der Waals surface area contributed by atoms with E-state index in [1.54, 1.807) is 37.3 Å². The third kappa shape index (κ3) is 4.49. The van der Waals surface area contributed by atoms with E-state index in [1.807, 2.05) is 0 Å². The fraction of sp³-hybridized carbons (Fsp3) is 0.462. The van der Waals surface area contributed by atoms with Crippen LogP contribution in [-0.2, 0) is 26.7 Å². The van der Waals surface area contributed by atoms with Crippen LogP contribution in [0.25, 0.3) is 0 Å². The molecule has 2 aliphatic rings. The van der Waals surface area contributed by atoms with Gasteiger partial charge in [0.2, 0.25) is 15.9 Å². The molecule has 204 valence electrons. The van der Waals surface area contributed by atoms with Crippen LogP contribution in [0.2, 0.25) is 0 Å². The minimum atomic E-state index is -3.85. The standard InChI is InChI=1S/C26H29F2N3O6S/c1-16-8-9-22(17-6-4-3-5-7-17)38(34,35)31(16)12-18-10-21(28)19(11-20(18)27)26(23-29-30-24(32)37-23)13-25(33,14-26)15-36-2/h3-7,10-11,16,22,33H,8-9,12-15H2,1-2H3,(H,30,32)/t16-,22+,25-,26-/m0/s1. The number of hydrogen-bond donors (Lipinski definition) is 2. The number of nitrogens with zero attached hydrogens (tertiary/aromatic N) is 2. The van der Waals surface area contributed by atoms with E-state index in [9.17, 15) is 18.3 Å². The lowest BCUT2D eigenvalue weighted by atomic mass is 9.56. The highest BCUT2D eigenvalue weighted by molar-refractivity contribution is 7.89. The highest BCUT2D eigenvalue weighted by Gasteiger charge is 2.60. The molecule has 1 aliphatic carbocycles. The maximum Gasteiger partial charge on any atom is 0.434 e. The second kappa shape index (κ2) is 9.67. The number of nitrogens with one attached hydrogen (secondary N) is 1.